The zero-order valence-electron chi connectivity index (χ0n) is 9.61. The van der Waals surface area contributed by atoms with E-state index in [1.165, 1.54) is 17.0 Å². The lowest BCUT2D eigenvalue weighted by molar-refractivity contribution is -0.384. The molecule has 0 radical (unpaired) electrons. The van der Waals surface area contributed by atoms with Gasteiger partial charge in [0.2, 0.25) is 0 Å². The summed E-state index contributed by atoms with van der Waals surface area (Å²) in [7, 11) is 0. The first-order chi connectivity index (χ1) is 8.58. The summed E-state index contributed by atoms with van der Waals surface area (Å²) in [6.07, 6.45) is -1.17. The molecule has 1 aromatic rings. The predicted octanol–water partition coefficient (Wildman–Crippen LogP) is 0.0601. The zero-order valence-corrected chi connectivity index (χ0v) is 9.61. The van der Waals surface area contributed by atoms with Gasteiger partial charge in [0.05, 0.1) is 4.92 Å². The second kappa shape index (κ2) is 4.91. The van der Waals surface area contributed by atoms with E-state index in [-0.39, 0.29) is 5.69 Å². The van der Waals surface area contributed by atoms with Crippen LogP contribution in [0.1, 0.15) is 0 Å². The van der Waals surface area contributed by atoms with Crippen molar-refractivity contribution in [3.8, 4) is 0 Å². The maximum absolute atomic E-state index is 10.7. The Morgan fingerprint density at radius 2 is 1.89 bits per heavy atom. The lowest BCUT2D eigenvalue weighted by Gasteiger charge is -2.37. The molecule has 1 aliphatic heterocycles. The van der Waals surface area contributed by atoms with Crippen LogP contribution in [-0.4, -0.2) is 42.1 Å². The van der Waals surface area contributed by atoms with Crippen molar-refractivity contribution in [1.29, 1.82) is 0 Å². The Morgan fingerprint density at radius 3 is 2.44 bits per heavy atom. The van der Waals surface area contributed by atoms with E-state index in [4.69, 9.17) is 0 Å². The van der Waals surface area contributed by atoms with Gasteiger partial charge in [-0.3, -0.25) is 10.1 Å². The van der Waals surface area contributed by atoms with Gasteiger partial charge in [-0.05, 0) is 6.07 Å². The Kier molecular flexibility index (Phi) is 3.31. The third-order valence-electron chi connectivity index (χ3n) is 2.94. The number of hydrogen-bond acceptors (Lipinski definition) is 5. The van der Waals surface area contributed by atoms with Crippen molar-refractivity contribution in [3.63, 3.8) is 0 Å². The lowest BCUT2D eigenvalue weighted by atomic mass is 10.2. The fraction of sp³-hybridized carbons (Fsp3) is 0.364. The smallest absolute Gasteiger partial charge is 0.271 e. The molecule has 96 valence electrons. The Hall–Kier alpha value is -2.31. The highest BCUT2D eigenvalue weighted by molar-refractivity contribution is 5.63. The van der Waals surface area contributed by atoms with Crippen LogP contribution >= 0.6 is 0 Å². The Balaban J connectivity index is 2.07. The van der Waals surface area contributed by atoms with Crippen LogP contribution in [0, 0.1) is 10.1 Å². The van der Waals surface area contributed by atoms with E-state index >= 15 is 0 Å². The molecule has 18 heavy (non-hydrogen) atoms. The molecule has 7 heteroatoms. The molecule has 1 aliphatic rings. The Labute approximate surface area is 103 Å². The van der Waals surface area contributed by atoms with Gasteiger partial charge in [-0.2, -0.15) is 0 Å². The van der Waals surface area contributed by atoms with E-state index in [0.717, 1.165) is 5.69 Å². The van der Waals surface area contributed by atoms with E-state index in [9.17, 15) is 20.0 Å². The molecule has 0 atom stereocenters. The number of anilines is 1. The van der Waals surface area contributed by atoms with Crippen molar-refractivity contribution in [2.75, 3.05) is 31.1 Å². The van der Waals surface area contributed by atoms with Gasteiger partial charge in [-0.1, -0.05) is 6.07 Å². The maximum atomic E-state index is 10.7. The summed E-state index contributed by atoms with van der Waals surface area (Å²) in [6.45, 7) is 1.72. The van der Waals surface area contributed by atoms with Gasteiger partial charge < -0.3 is 19.7 Å². The number of non-ortho nitro benzene ring substituents is 1. The van der Waals surface area contributed by atoms with Crippen molar-refractivity contribution < 1.29 is 14.8 Å². The number of nitro groups is 1. The number of carbonyl (C=O) groups excluding carboxylic acids is 1. The highest BCUT2D eigenvalue weighted by Gasteiger charge is 2.18. The largest absolute Gasteiger partial charge is 0.530 e. The number of amides is 1. The topological polar surface area (TPSA) is 89.8 Å². The molecular weight excluding hydrogens is 238 g/mol. The van der Waals surface area contributed by atoms with Gasteiger partial charge in [0.25, 0.3) is 5.69 Å². The van der Waals surface area contributed by atoms with E-state index < -0.39 is 11.0 Å². The number of hydrogen-bond donors (Lipinski definition) is 0. The molecule has 1 amide bonds. The average molecular weight is 250 g/mol. The van der Waals surface area contributed by atoms with Crippen LogP contribution in [0.2, 0.25) is 0 Å². The number of carbonyl (C=O) groups is 1. The number of nitrogens with zero attached hydrogens (tertiary/aromatic N) is 3. The summed E-state index contributed by atoms with van der Waals surface area (Å²) < 4.78 is 0. The highest BCUT2D eigenvalue weighted by Crippen LogP contribution is 2.22. The molecule has 2 rings (SSSR count). The minimum absolute atomic E-state index is 0.0369. The quantitative estimate of drug-likeness (QED) is 0.547. The normalized spacial score (nSPS) is 15.6. The maximum Gasteiger partial charge on any atom is 0.271 e. The van der Waals surface area contributed by atoms with Crippen molar-refractivity contribution in [2.45, 2.75) is 0 Å². The minimum atomic E-state index is -1.17. The molecule has 1 fully saturated rings. The zero-order chi connectivity index (χ0) is 13.1. The molecule has 0 aromatic heterocycles. The fourth-order valence-corrected chi connectivity index (χ4v) is 1.95. The third-order valence-corrected chi connectivity index (χ3v) is 2.94. The lowest BCUT2D eigenvalue weighted by Crippen LogP contribution is -2.52. The number of benzene rings is 1. The average Bonchev–Trinajstić information content (AvgIpc) is 2.39. The first-order valence-electron chi connectivity index (χ1n) is 5.53. The van der Waals surface area contributed by atoms with E-state index in [2.05, 4.69) is 0 Å². The molecule has 0 bridgehead atoms. The summed E-state index contributed by atoms with van der Waals surface area (Å²) >= 11 is 0. The SMILES string of the molecule is O=C([O-])N1CCN(c2cccc([N+](=O)[O-])c2)CC1. The minimum Gasteiger partial charge on any atom is -0.530 e. The van der Waals surface area contributed by atoms with Gasteiger partial charge in [-0.25, -0.2) is 0 Å². The second-order valence-electron chi connectivity index (χ2n) is 4.02. The molecule has 7 nitrogen and oxygen atoms in total. The first kappa shape index (κ1) is 12.2. The first-order valence-corrected chi connectivity index (χ1v) is 5.53. The Bertz CT molecular complexity index is 469. The molecule has 0 unspecified atom stereocenters. The molecule has 0 N–H and O–H groups in total. The van der Waals surface area contributed by atoms with Crippen molar-refractivity contribution >= 4 is 17.5 Å². The monoisotopic (exact) mass is 250 g/mol. The standard InChI is InChI=1S/C11H13N3O4/c15-11(16)13-6-4-12(5-7-13)9-2-1-3-10(8-9)14(17)18/h1-3,8H,4-7H2,(H,15,16)/p-1. The summed E-state index contributed by atoms with van der Waals surface area (Å²) in [5.41, 5.74) is 0.775. The third kappa shape index (κ3) is 2.50. The molecule has 0 spiro atoms. The van der Waals surface area contributed by atoms with E-state index in [1.54, 1.807) is 12.1 Å². The van der Waals surface area contributed by atoms with Crippen molar-refractivity contribution in [2.24, 2.45) is 0 Å². The van der Waals surface area contributed by atoms with Gasteiger partial charge in [0.1, 0.15) is 6.09 Å². The summed E-state index contributed by atoms with van der Waals surface area (Å²) in [5.74, 6) is 0. The number of piperazine rings is 1. The number of rotatable bonds is 2. The van der Waals surface area contributed by atoms with E-state index in [0.29, 0.717) is 26.2 Å². The summed E-state index contributed by atoms with van der Waals surface area (Å²) in [6, 6.07) is 6.33. The van der Waals surface area contributed by atoms with Crippen LogP contribution in [0.25, 0.3) is 0 Å². The van der Waals surface area contributed by atoms with E-state index in [1.807, 2.05) is 4.90 Å². The van der Waals surface area contributed by atoms with Crippen LogP contribution in [-0.2, 0) is 0 Å². The van der Waals surface area contributed by atoms with Crippen LogP contribution in [0.4, 0.5) is 16.2 Å². The fourth-order valence-electron chi connectivity index (χ4n) is 1.95. The van der Waals surface area contributed by atoms with Gasteiger partial charge in [0.15, 0.2) is 0 Å². The number of carboxylic acid groups (broad SMARTS) is 1. The second-order valence-corrected chi connectivity index (χ2v) is 4.02. The van der Waals surface area contributed by atoms with Crippen LogP contribution in [0.3, 0.4) is 0 Å². The number of nitro benzene ring substituents is 1. The highest BCUT2D eigenvalue weighted by atomic mass is 16.6. The van der Waals surface area contributed by atoms with Crippen LogP contribution in [0.5, 0.6) is 0 Å². The molecule has 1 saturated heterocycles. The van der Waals surface area contributed by atoms with Crippen molar-refractivity contribution in [3.05, 3.63) is 34.4 Å². The van der Waals surface area contributed by atoms with Crippen molar-refractivity contribution in [1.82, 2.24) is 4.90 Å². The van der Waals surface area contributed by atoms with Gasteiger partial charge in [0, 0.05) is 44.0 Å². The molecule has 1 heterocycles. The van der Waals surface area contributed by atoms with Gasteiger partial charge >= 0.3 is 0 Å². The summed E-state index contributed by atoms with van der Waals surface area (Å²) in [5, 5.41) is 21.3. The van der Waals surface area contributed by atoms with Gasteiger partial charge in [-0.15, -0.1) is 0 Å². The molecule has 1 aromatic carbocycles. The Morgan fingerprint density at radius 1 is 1.22 bits per heavy atom. The predicted molar refractivity (Wildman–Crippen MR) is 62.3 cm³/mol. The molecular formula is C11H12N3O4-. The van der Waals surface area contributed by atoms with Crippen LogP contribution < -0.4 is 10.0 Å². The summed E-state index contributed by atoms with van der Waals surface area (Å²) in [4.78, 5) is 24.0. The molecule has 0 aliphatic carbocycles. The molecule has 0 saturated carbocycles. The van der Waals surface area contributed by atoms with Crippen LogP contribution in [0.15, 0.2) is 24.3 Å².